The number of aromatic nitrogens is 1. The Morgan fingerprint density at radius 2 is 0.947 bits per heavy atom. The Morgan fingerprint density at radius 3 is 1.74 bits per heavy atom. The van der Waals surface area contributed by atoms with Crippen molar-refractivity contribution in [1.29, 1.82) is 0 Å². The topological polar surface area (TPSA) is 18.1 Å². The van der Waals surface area contributed by atoms with Crippen LogP contribution in [0.3, 0.4) is 0 Å². The zero-order valence-electron chi connectivity index (χ0n) is 20.5. The third kappa shape index (κ3) is 2.47. The zero-order chi connectivity index (χ0) is 24.8. The lowest BCUT2D eigenvalue weighted by Gasteiger charge is -2.17. The lowest BCUT2D eigenvalue weighted by Crippen LogP contribution is -1.97. The molecule has 0 radical (unpaired) electrons. The molecule has 0 amide bonds. The van der Waals surface area contributed by atoms with E-state index in [0.717, 1.165) is 11.2 Å². The fourth-order valence-electron chi connectivity index (χ4n) is 6.65. The van der Waals surface area contributed by atoms with Gasteiger partial charge in [0.25, 0.3) is 0 Å². The van der Waals surface area contributed by atoms with Crippen LogP contribution in [0, 0.1) is 0 Å². The number of benzene rings is 7. The highest BCUT2D eigenvalue weighted by Crippen LogP contribution is 2.47. The molecule has 0 fully saturated rings. The van der Waals surface area contributed by atoms with Gasteiger partial charge >= 0.3 is 0 Å². The molecule has 0 saturated carbocycles. The Balaban J connectivity index is 1.48. The van der Waals surface area contributed by atoms with E-state index in [4.69, 9.17) is 4.42 Å². The first-order valence-corrected chi connectivity index (χ1v) is 13.0. The number of hydrogen-bond acceptors (Lipinski definition) is 1. The third-order valence-electron chi connectivity index (χ3n) is 8.17. The van der Waals surface area contributed by atoms with Gasteiger partial charge in [-0.1, -0.05) is 91.0 Å². The molecular formula is C36H21NO. The van der Waals surface area contributed by atoms with Crippen LogP contribution in [-0.4, -0.2) is 4.57 Å². The van der Waals surface area contributed by atoms with Gasteiger partial charge in [0, 0.05) is 32.5 Å². The summed E-state index contributed by atoms with van der Waals surface area (Å²) < 4.78 is 8.81. The van der Waals surface area contributed by atoms with E-state index in [9.17, 15) is 0 Å². The number of furan rings is 1. The maximum absolute atomic E-state index is 6.39. The van der Waals surface area contributed by atoms with Crippen molar-refractivity contribution in [2.45, 2.75) is 0 Å². The van der Waals surface area contributed by atoms with Crippen molar-refractivity contribution in [2.75, 3.05) is 0 Å². The number of hydrogen-bond donors (Lipinski definition) is 0. The molecule has 2 heterocycles. The molecule has 0 atom stereocenters. The van der Waals surface area contributed by atoms with Crippen LogP contribution in [0.2, 0.25) is 0 Å². The number of para-hydroxylation sites is 3. The molecule has 2 nitrogen and oxygen atoms in total. The van der Waals surface area contributed by atoms with Gasteiger partial charge in [0.1, 0.15) is 11.2 Å². The monoisotopic (exact) mass is 483 g/mol. The highest BCUT2D eigenvalue weighted by atomic mass is 16.3. The molecule has 9 rings (SSSR count). The van der Waals surface area contributed by atoms with E-state index in [-0.39, 0.29) is 0 Å². The molecule has 0 bridgehead atoms. The van der Waals surface area contributed by atoms with E-state index in [1.54, 1.807) is 0 Å². The maximum atomic E-state index is 6.39. The predicted octanol–water partition coefficient (Wildman–Crippen LogP) is 10.1. The Kier molecular flexibility index (Phi) is 3.82. The molecule has 0 unspecified atom stereocenters. The van der Waals surface area contributed by atoms with Gasteiger partial charge in [-0.15, -0.1) is 0 Å². The Labute approximate surface area is 218 Å². The van der Waals surface area contributed by atoms with Gasteiger partial charge in [0.2, 0.25) is 0 Å². The fourth-order valence-corrected chi connectivity index (χ4v) is 6.65. The maximum Gasteiger partial charge on any atom is 0.136 e. The summed E-state index contributed by atoms with van der Waals surface area (Å²) in [4.78, 5) is 0. The quantitative estimate of drug-likeness (QED) is 0.224. The Hall–Kier alpha value is -5.08. The largest absolute Gasteiger partial charge is 0.456 e. The molecule has 7 aromatic carbocycles. The van der Waals surface area contributed by atoms with Crippen molar-refractivity contribution in [3.8, 4) is 16.8 Å². The zero-order valence-corrected chi connectivity index (χ0v) is 20.5. The molecule has 38 heavy (non-hydrogen) atoms. The van der Waals surface area contributed by atoms with E-state index in [0.29, 0.717) is 0 Å². The summed E-state index contributed by atoms with van der Waals surface area (Å²) in [6, 6.07) is 45.8. The first-order chi connectivity index (χ1) is 18.9. The lowest BCUT2D eigenvalue weighted by molar-refractivity contribution is 0.669. The molecule has 0 aliphatic heterocycles. The van der Waals surface area contributed by atoms with Gasteiger partial charge in [-0.3, -0.25) is 0 Å². The second-order valence-electron chi connectivity index (χ2n) is 10.1. The van der Waals surface area contributed by atoms with Crippen molar-refractivity contribution in [1.82, 2.24) is 4.57 Å². The van der Waals surface area contributed by atoms with E-state index < -0.39 is 0 Å². The normalized spacial score (nSPS) is 12.2. The van der Waals surface area contributed by atoms with Crippen LogP contribution in [0.1, 0.15) is 0 Å². The van der Waals surface area contributed by atoms with Crippen molar-refractivity contribution >= 4 is 65.3 Å². The summed E-state index contributed by atoms with van der Waals surface area (Å²) in [6.45, 7) is 0. The highest BCUT2D eigenvalue weighted by molar-refractivity contribution is 6.35. The summed E-state index contributed by atoms with van der Waals surface area (Å²) in [7, 11) is 0. The molecule has 176 valence electrons. The highest BCUT2D eigenvalue weighted by Gasteiger charge is 2.22. The summed E-state index contributed by atoms with van der Waals surface area (Å²) in [5, 5.41) is 9.98. The minimum absolute atomic E-state index is 0.940. The van der Waals surface area contributed by atoms with E-state index in [1.165, 1.54) is 70.9 Å². The summed E-state index contributed by atoms with van der Waals surface area (Å²) >= 11 is 0. The van der Waals surface area contributed by atoms with Gasteiger partial charge in [-0.2, -0.15) is 0 Å². The molecule has 0 aliphatic rings. The SMILES string of the molecule is c1ccc(-n2c3ccccc3c3ccccc32)c(-c2ccc3oc4cccc5c6ccccc6c2c3c45)c1. The van der Waals surface area contributed by atoms with Crippen LogP contribution in [0.15, 0.2) is 132 Å². The minimum atomic E-state index is 0.940. The van der Waals surface area contributed by atoms with Gasteiger partial charge in [0.15, 0.2) is 0 Å². The molecule has 0 spiro atoms. The average Bonchev–Trinajstić information content (AvgIpc) is 3.53. The van der Waals surface area contributed by atoms with Crippen LogP contribution in [0.4, 0.5) is 0 Å². The molecule has 2 aromatic heterocycles. The summed E-state index contributed by atoms with van der Waals surface area (Å²) in [5.74, 6) is 0. The smallest absolute Gasteiger partial charge is 0.136 e. The van der Waals surface area contributed by atoms with Crippen molar-refractivity contribution in [3.05, 3.63) is 127 Å². The molecule has 2 heteroatoms. The van der Waals surface area contributed by atoms with Gasteiger partial charge in [-0.25, -0.2) is 0 Å². The van der Waals surface area contributed by atoms with Gasteiger partial charge < -0.3 is 8.98 Å². The predicted molar refractivity (Wildman–Crippen MR) is 160 cm³/mol. The molecule has 9 aromatic rings. The molecule has 0 saturated heterocycles. The van der Waals surface area contributed by atoms with Gasteiger partial charge in [-0.05, 0) is 58.1 Å². The first kappa shape index (κ1) is 20.0. The lowest BCUT2D eigenvalue weighted by atomic mass is 9.89. The number of rotatable bonds is 2. The second-order valence-corrected chi connectivity index (χ2v) is 10.1. The first-order valence-electron chi connectivity index (χ1n) is 13.0. The van der Waals surface area contributed by atoms with Crippen LogP contribution in [0.25, 0.3) is 82.1 Å². The summed E-state index contributed by atoms with van der Waals surface area (Å²) in [6.07, 6.45) is 0. The standard InChI is InChI=1S/C36H21NO/c1-2-14-26-22(10-1)27-15-9-19-32-35(27)36-33(38-32)21-20-28(34(26)36)25-13-5-8-18-31(25)37-29-16-6-3-11-23(29)24-12-4-7-17-30(24)37/h1-21H. The molecule has 0 aliphatic carbocycles. The third-order valence-corrected chi connectivity index (χ3v) is 8.17. The summed E-state index contributed by atoms with van der Waals surface area (Å²) in [5.41, 5.74) is 7.92. The number of fused-ring (bicyclic) bond motifs is 6. The van der Waals surface area contributed by atoms with Gasteiger partial charge in [0.05, 0.1) is 16.7 Å². The van der Waals surface area contributed by atoms with Crippen molar-refractivity contribution in [2.24, 2.45) is 0 Å². The average molecular weight is 484 g/mol. The fraction of sp³-hybridized carbons (Fsp3) is 0. The van der Waals surface area contributed by atoms with Crippen molar-refractivity contribution < 1.29 is 4.42 Å². The number of nitrogens with zero attached hydrogens (tertiary/aromatic N) is 1. The van der Waals surface area contributed by atoms with Crippen LogP contribution < -0.4 is 0 Å². The second kappa shape index (κ2) is 7.24. The van der Waals surface area contributed by atoms with Crippen LogP contribution >= 0.6 is 0 Å². The molecular weight excluding hydrogens is 462 g/mol. The van der Waals surface area contributed by atoms with E-state index in [2.05, 4.69) is 132 Å². The minimum Gasteiger partial charge on any atom is -0.456 e. The van der Waals surface area contributed by atoms with E-state index in [1.807, 2.05) is 0 Å². The van der Waals surface area contributed by atoms with Crippen LogP contribution in [0.5, 0.6) is 0 Å². The Bertz CT molecular complexity index is 2300. The van der Waals surface area contributed by atoms with E-state index >= 15 is 0 Å². The Morgan fingerprint density at radius 1 is 0.368 bits per heavy atom. The van der Waals surface area contributed by atoms with Crippen molar-refractivity contribution in [3.63, 3.8) is 0 Å². The molecule has 0 N–H and O–H groups in total. The van der Waals surface area contributed by atoms with Crippen LogP contribution in [-0.2, 0) is 0 Å².